The number of para-hydroxylation sites is 1. The Labute approximate surface area is 186 Å². The van der Waals surface area contributed by atoms with E-state index in [0.717, 1.165) is 42.3 Å². The molecule has 0 amide bonds. The van der Waals surface area contributed by atoms with Crippen LogP contribution in [0.3, 0.4) is 0 Å². The summed E-state index contributed by atoms with van der Waals surface area (Å²) in [5.41, 5.74) is 3.19. The number of aromatic nitrogens is 4. The number of hydrogen-bond donors (Lipinski definition) is 1. The van der Waals surface area contributed by atoms with Crippen LogP contribution in [-0.2, 0) is 13.0 Å². The molecule has 8 nitrogen and oxygen atoms in total. The first-order valence-electron chi connectivity index (χ1n) is 10.3. The standard InChI is InChI=1S/C24H25N5O3/c1-30-22-13-10-18(16-23(22)31-2)14-15-25-17-19-8-11-21(12-9-19)32-24-26-27-28-29(24)20-6-4-3-5-7-20/h3-13,16,25H,14-15,17H2,1-2H3. The lowest BCUT2D eigenvalue weighted by Crippen LogP contribution is -2.16. The molecule has 8 heteroatoms. The number of rotatable bonds is 10. The molecule has 1 aromatic heterocycles. The largest absolute Gasteiger partial charge is 0.493 e. The maximum absolute atomic E-state index is 5.87. The van der Waals surface area contributed by atoms with Crippen LogP contribution in [0, 0.1) is 0 Å². The zero-order valence-electron chi connectivity index (χ0n) is 18.1. The highest BCUT2D eigenvalue weighted by molar-refractivity contribution is 5.43. The number of tetrazole rings is 1. The van der Waals surface area contributed by atoms with Gasteiger partial charge in [0.05, 0.1) is 19.9 Å². The highest BCUT2D eigenvalue weighted by atomic mass is 16.5. The van der Waals surface area contributed by atoms with Gasteiger partial charge in [0.25, 0.3) is 0 Å². The Balaban J connectivity index is 1.28. The third-order valence-electron chi connectivity index (χ3n) is 4.94. The van der Waals surface area contributed by atoms with E-state index < -0.39 is 0 Å². The molecule has 4 aromatic rings. The summed E-state index contributed by atoms with van der Waals surface area (Å²) in [6.07, 6.45) is 0.893. The van der Waals surface area contributed by atoms with Crippen molar-refractivity contribution >= 4 is 0 Å². The summed E-state index contributed by atoms with van der Waals surface area (Å²) in [7, 11) is 3.29. The number of nitrogens with one attached hydrogen (secondary N) is 1. The molecule has 0 fully saturated rings. The van der Waals surface area contributed by atoms with Gasteiger partial charge in [-0.25, -0.2) is 0 Å². The maximum Gasteiger partial charge on any atom is 0.345 e. The zero-order chi connectivity index (χ0) is 22.2. The summed E-state index contributed by atoms with van der Waals surface area (Å²) in [4.78, 5) is 0. The summed E-state index contributed by atoms with van der Waals surface area (Å²) < 4.78 is 18.1. The average Bonchev–Trinajstić information content (AvgIpc) is 3.31. The van der Waals surface area contributed by atoms with Gasteiger partial charge in [-0.15, -0.1) is 0 Å². The monoisotopic (exact) mass is 431 g/mol. The number of methoxy groups -OCH3 is 2. The minimum absolute atomic E-state index is 0.317. The minimum atomic E-state index is 0.317. The van der Waals surface area contributed by atoms with Crippen LogP contribution in [0.1, 0.15) is 11.1 Å². The third kappa shape index (κ3) is 5.22. The van der Waals surface area contributed by atoms with Gasteiger partial charge in [0.2, 0.25) is 0 Å². The minimum Gasteiger partial charge on any atom is -0.493 e. The van der Waals surface area contributed by atoms with E-state index in [0.29, 0.717) is 11.8 Å². The van der Waals surface area contributed by atoms with Crippen molar-refractivity contribution in [3.63, 3.8) is 0 Å². The number of benzene rings is 3. The van der Waals surface area contributed by atoms with Gasteiger partial charge in [-0.05, 0) is 70.9 Å². The molecule has 0 radical (unpaired) electrons. The number of hydrogen-bond acceptors (Lipinski definition) is 7. The highest BCUT2D eigenvalue weighted by Gasteiger charge is 2.10. The second kappa shape index (κ2) is 10.4. The molecular formula is C24H25N5O3. The van der Waals surface area contributed by atoms with Crippen LogP contribution in [0.25, 0.3) is 5.69 Å². The number of nitrogens with zero attached hydrogens (tertiary/aromatic N) is 4. The summed E-state index contributed by atoms with van der Waals surface area (Å²) in [5, 5.41) is 15.2. The van der Waals surface area contributed by atoms with Crippen LogP contribution in [-0.4, -0.2) is 41.0 Å². The molecule has 1 heterocycles. The molecule has 1 N–H and O–H groups in total. The van der Waals surface area contributed by atoms with Gasteiger partial charge in [-0.2, -0.15) is 4.68 Å². The Bertz CT molecular complexity index is 1130. The van der Waals surface area contributed by atoms with E-state index in [-0.39, 0.29) is 0 Å². The fourth-order valence-electron chi connectivity index (χ4n) is 3.26. The van der Waals surface area contributed by atoms with E-state index in [1.807, 2.05) is 66.7 Å². The van der Waals surface area contributed by atoms with Gasteiger partial charge < -0.3 is 19.5 Å². The van der Waals surface area contributed by atoms with Gasteiger partial charge in [0.15, 0.2) is 11.5 Å². The Morgan fingerprint density at radius 1 is 0.844 bits per heavy atom. The fourth-order valence-corrected chi connectivity index (χ4v) is 3.26. The van der Waals surface area contributed by atoms with Gasteiger partial charge in [0, 0.05) is 6.54 Å². The van der Waals surface area contributed by atoms with Gasteiger partial charge >= 0.3 is 6.01 Å². The SMILES string of the molecule is COc1ccc(CCNCc2ccc(Oc3nnnn3-c3ccccc3)cc2)cc1OC. The topological polar surface area (TPSA) is 83.3 Å². The van der Waals surface area contributed by atoms with Gasteiger partial charge in [-0.3, -0.25) is 0 Å². The first kappa shape index (κ1) is 21.3. The second-order valence-corrected chi connectivity index (χ2v) is 7.07. The van der Waals surface area contributed by atoms with Crippen LogP contribution in [0.2, 0.25) is 0 Å². The molecule has 0 atom stereocenters. The first-order chi connectivity index (χ1) is 15.8. The average molecular weight is 431 g/mol. The summed E-state index contributed by atoms with van der Waals surface area (Å²) in [6, 6.07) is 23.8. The van der Waals surface area contributed by atoms with E-state index in [2.05, 4.69) is 26.9 Å². The molecule has 0 saturated carbocycles. The van der Waals surface area contributed by atoms with E-state index in [4.69, 9.17) is 14.2 Å². The Morgan fingerprint density at radius 3 is 2.34 bits per heavy atom. The number of ether oxygens (including phenoxy) is 3. The molecule has 0 bridgehead atoms. The predicted octanol–water partition coefficient (Wildman–Crippen LogP) is 3.80. The lowest BCUT2D eigenvalue weighted by Gasteiger charge is -2.10. The molecule has 164 valence electrons. The van der Waals surface area contributed by atoms with Crippen molar-refractivity contribution in [2.75, 3.05) is 20.8 Å². The molecule has 3 aromatic carbocycles. The normalized spacial score (nSPS) is 10.7. The van der Waals surface area contributed by atoms with Crippen molar-refractivity contribution in [3.8, 4) is 28.9 Å². The molecular weight excluding hydrogens is 406 g/mol. The van der Waals surface area contributed by atoms with Crippen LogP contribution in [0.4, 0.5) is 0 Å². The Morgan fingerprint density at radius 2 is 1.59 bits per heavy atom. The third-order valence-corrected chi connectivity index (χ3v) is 4.94. The van der Waals surface area contributed by atoms with Crippen LogP contribution >= 0.6 is 0 Å². The summed E-state index contributed by atoms with van der Waals surface area (Å²) in [6.45, 7) is 1.61. The maximum atomic E-state index is 5.87. The highest BCUT2D eigenvalue weighted by Crippen LogP contribution is 2.27. The fraction of sp³-hybridized carbons (Fsp3) is 0.208. The van der Waals surface area contributed by atoms with Crippen molar-refractivity contribution in [1.82, 2.24) is 25.5 Å². The van der Waals surface area contributed by atoms with Crippen molar-refractivity contribution in [2.24, 2.45) is 0 Å². The van der Waals surface area contributed by atoms with E-state index >= 15 is 0 Å². The smallest absolute Gasteiger partial charge is 0.345 e. The van der Waals surface area contributed by atoms with Crippen molar-refractivity contribution in [3.05, 3.63) is 83.9 Å². The second-order valence-electron chi connectivity index (χ2n) is 7.07. The lowest BCUT2D eigenvalue weighted by molar-refractivity contribution is 0.354. The summed E-state index contributed by atoms with van der Waals surface area (Å²) in [5.74, 6) is 2.16. The molecule has 0 unspecified atom stereocenters. The first-order valence-corrected chi connectivity index (χ1v) is 10.3. The van der Waals surface area contributed by atoms with Crippen molar-refractivity contribution in [1.29, 1.82) is 0 Å². The molecule has 0 aliphatic heterocycles. The quantitative estimate of drug-likeness (QED) is 0.382. The van der Waals surface area contributed by atoms with E-state index in [9.17, 15) is 0 Å². The molecule has 32 heavy (non-hydrogen) atoms. The lowest BCUT2D eigenvalue weighted by atomic mass is 10.1. The predicted molar refractivity (Wildman–Crippen MR) is 121 cm³/mol. The Hall–Kier alpha value is -3.91. The molecule has 0 aliphatic rings. The van der Waals surface area contributed by atoms with Crippen LogP contribution in [0.5, 0.6) is 23.3 Å². The van der Waals surface area contributed by atoms with E-state index in [1.165, 1.54) is 5.56 Å². The van der Waals surface area contributed by atoms with Gasteiger partial charge in [0.1, 0.15) is 5.75 Å². The molecule has 0 aliphatic carbocycles. The zero-order valence-corrected chi connectivity index (χ0v) is 18.1. The van der Waals surface area contributed by atoms with Crippen LogP contribution < -0.4 is 19.5 Å². The molecule has 4 rings (SSSR count). The van der Waals surface area contributed by atoms with Gasteiger partial charge in [-0.1, -0.05) is 41.5 Å². The van der Waals surface area contributed by atoms with E-state index in [1.54, 1.807) is 18.9 Å². The van der Waals surface area contributed by atoms with Crippen molar-refractivity contribution < 1.29 is 14.2 Å². The van der Waals surface area contributed by atoms with Crippen molar-refractivity contribution in [2.45, 2.75) is 13.0 Å². The Kier molecular flexibility index (Phi) is 6.94. The summed E-state index contributed by atoms with van der Waals surface area (Å²) >= 11 is 0. The van der Waals surface area contributed by atoms with Crippen LogP contribution in [0.15, 0.2) is 72.8 Å². The molecule has 0 spiro atoms. The molecule has 0 saturated heterocycles.